The maximum absolute atomic E-state index is 11.0. The van der Waals surface area contributed by atoms with E-state index in [1.165, 1.54) is 6.07 Å². The van der Waals surface area contributed by atoms with Gasteiger partial charge in [-0.3, -0.25) is 9.59 Å². The lowest BCUT2D eigenvalue weighted by Crippen LogP contribution is -2.21. The molecule has 1 unspecified atom stereocenters. The fraction of sp³-hybridized carbons (Fsp3) is 0.500. The fourth-order valence-corrected chi connectivity index (χ4v) is 1.65. The van der Waals surface area contributed by atoms with Gasteiger partial charge in [-0.05, 0) is 24.1 Å². The van der Waals surface area contributed by atoms with Crippen molar-refractivity contribution in [2.75, 3.05) is 6.61 Å². The number of phenols is 2. The lowest BCUT2D eigenvalue weighted by Gasteiger charge is -2.10. The summed E-state index contributed by atoms with van der Waals surface area (Å²) < 4.78 is 9.59. The quantitative estimate of drug-likeness (QED) is 0.656. The van der Waals surface area contributed by atoms with Gasteiger partial charge >= 0.3 is 11.9 Å². The van der Waals surface area contributed by atoms with Crippen molar-refractivity contribution in [3.05, 3.63) is 23.8 Å². The van der Waals surface area contributed by atoms with Crippen LogP contribution in [0.1, 0.15) is 32.8 Å². The lowest BCUT2D eigenvalue weighted by atomic mass is 10.1. The number of esters is 2. The van der Waals surface area contributed by atoms with Crippen molar-refractivity contribution >= 4 is 11.9 Å². The molecule has 6 heteroatoms. The van der Waals surface area contributed by atoms with Crippen molar-refractivity contribution in [2.24, 2.45) is 5.92 Å². The van der Waals surface area contributed by atoms with Crippen molar-refractivity contribution in [3.8, 4) is 11.5 Å². The molecule has 6 nitrogen and oxygen atoms in total. The van der Waals surface area contributed by atoms with E-state index in [1.54, 1.807) is 26.0 Å². The third kappa shape index (κ3) is 5.63. The number of hydrogen-bond acceptors (Lipinski definition) is 6. The summed E-state index contributed by atoms with van der Waals surface area (Å²) >= 11 is 0. The van der Waals surface area contributed by atoms with Crippen LogP contribution >= 0.6 is 0 Å². The first kappa shape index (κ1) is 17.8. The van der Waals surface area contributed by atoms with Gasteiger partial charge in [0, 0.05) is 0 Å². The van der Waals surface area contributed by atoms with Crippen molar-refractivity contribution in [1.82, 2.24) is 0 Å². The van der Waals surface area contributed by atoms with Gasteiger partial charge in [0.15, 0.2) is 11.5 Å². The highest BCUT2D eigenvalue weighted by Crippen LogP contribution is 2.24. The van der Waals surface area contributed by atoms with E-state index < -0.39 is 0 Å². The highest BCUT2D eigenvalue weighted by atomic mass is 16.6. The summed E-state index contributed by atoms with van der Waals surface area (Å²) in [5.74, 6) is -0.827. The summed E-state index contributed by atoms with van der Waals surface area (Å²) in [5.41, 5.74) is 1.02. The molecule has 2 rings (SSSR count). The number of carbonyl (C=O) groups is 2. The molecule has 0 saturated carbocycles. The Bertz CT molecular complexity index is 523. The molecule has 22 heavy (non-hydrogen) atoms. The van der Waals surface area contributed by atoms with Crippen LogP contribution < -0.4 is 0 Å². The van der Waals surface area contributed by atoms with Crippen LogP contribution in [0.3, 0.4) is 0 Å². The van der Waals surface area contributed by atoms with Gasteiger partial charge in [-0.1, -0.05) is 26.8 Å². The second kappa shape index (κ2) is 8.26. The molecule has 2 N–H and O–H groups in total. The predicted molar refractivity (Wildman–Crippen MR) is 79.4 cm³/mol. The van der Waals surface area contributed by atoms with Crippen LogP contribution in [0.4, 0.5) is 0 Å². The first-order chi connectivity index (χ1) is 10.3. The summed E-state index contributed by atoms with van der Waals surface area (Å²) in [6.45, 7) is 5.70. The van der Waals surface area contributed by atoms with Crippen molar-refractivity contribution < 1.29 is 29.3 Å². The minimum Gasteiger partial charge on any atom is -0.504 e. The molecule has 1 aliphatic rings. The predicted octanol–water partition coefficient (Wildman–Crippen LogP) is 2.16. The molecule has 0 bridgehead atoms. The van der Waals surface area contributed by atoms with E-state index >= 15 is 0 Å². The molecule has 0 spiro atoms. The minimum absolute atomic E-state index is 0.0423. The standard InChI is InChI=1S/C8H12O4.C8H10O2/c1-5(2)8(10)12-6-3-7(9)11-4-6;1-2-6-3-4-7(9)8(10)5-6/h5-6H,3-4H2,1-2H3;3-5,9-10H,2H2,1H3. The van der Waals surface area contributed by atoms with Crippen LogP contribution in [0.5, 0.6) is 11.5 Å². The van der Waals surface area contributed by atoms with E-state index in [1.807, 2.05) is 6.92 Å². The topological polar surface area (TPSA) is 93.1 Å². The minimum atomic E-state index is -0.368. The summed E-state index contributed by atoms with van der Waals surface area (Å²) in [6.07, 6.45) is 0.694. The van der Waals surface area contributed by atoms with E-state index in [4.69, 9.17) is 14.9 Å². The number of benzene rings is 1. The summed E-state index contributed by atoms with van der Waals surface area (Å²) in [7, 11) is 0. The number of aromatic hydroxyl groups is 2. The molecular formula is C16H22O6. The van der Waals surface area contributed by atoms with Crippen molar-refractivity contribution in [3.63, 3.8) is 0 Å². The van der Waals surface area contributed by atoms with Crippen LogP contribution in [0.15, 0.2) is 18.2 Å². The number of cyclic esters (lactones) is 1. The molecule has 122 valence electrons. The number of aryl methyl sites for hydroxylation is 1. The third-order valence-corrected chi connectivity index (χ3v) is 3.03. The van der Waals surface area contributed by atoms with Crippen molar-refractivity contribution in [2.45, 2.75) is 39.7 Å². The van der Waals surface area contributed by atoms with Crippen LogP contribution in [-0.4, -0.2) is 34.9 Å². The smallest absolute Gasteiger partial charge is 0.309 e. The molecule has 1 aliphatic heterocycles. The SMILES string of the molecule is CC(C)C(=O)OC1COC(=O)C1.CCc1ccc(O)c(O)c1. The Morgan fingerprint density at radius 3 is 2.50 bits per heavy atom. The van der Waals surface area contributed by atoms with Crippen LogP contribution in [-0.2, 0) is 25.5 Å². The zero-order chi connectivity index (χ0) is 16.7. The maximum Gasteiger partial charge on any atom is 0.309 e. The summed E-state index contributed by atoms with van der Waals surface area (Å²) in [6, 6.07) is 4.85. The van der Waals surface area contributed by atoms with Crippen LogP contribution in [0.2, 0.25) is 0 Å². The zero-order valence-electron chi connectivity index (χ0n) is 13.0. The molecule has 1 atom stereocenters. The second-order valence-electron chi connectivity index (χ2n) is 5.28. The first-order valence-electron chi connectivity index (χ1n) is 7.20. The van der Waals surface area contributed by atoms with Gasteiger partial charge < -0.3 is 19.7 Å². The Morgan fingerprint density at radius 2 is 2.05 bits per heavy atom. The Labute approximate surface area is 129 Å². The molecule has 1 aromatic rings. The first-order valence-corrected chi connectivity index (χ1v) is 7.20. The highest BCUT2D eigenvalue weighted by Gasteiger charge is 2.27. The zero-order valence-corrected chi connectivity index (χ0v) is 13.0. The summed E-state index contributed by atoms with van der Waals surface area (Å²) in [4.78, 5) is 21.6. The lowest BCUT2D eigenvalue weighted by molar-refractivity contribution is -0.152. The molecule has 1 fully saturated rings. The van der Waals surface area contributed by atoms with E-state index in [-0.39, 0.29) is 48.5 Å². The highest BCUT2D eigenvalue weighted by molar-refractivity contribution is 5.75. The Kier molecular flexibility index (Phi) is 6.69. The van der Waals surface area contributed by atoms with E-state index in [0.29, 0.717) is 0 Å². The fourth-order valence-electron chi connectivity index (χ4n) is 1.65. The van der Waals surface area contributed by atoms with Gasteiger partial charge in [0.25, 0.3) is 0 Å². The maximum atomic E-state index is 11.0. The second-order valence-corrected chi connectivity index (χ2v) is 5.28. The molecule has 0 aliphatic carbocycles. The average molecular weight is 310 g/mol. The number of carbonyl (C=O) groups excluding carboxylic acids is 2. The Morgan fingerprint density at radius 1 is 1.36 bits per heavy atom. The molecule has 0 aromatic heterocycles. The largest absolute Gasteiger partial charge is 0.504 e. The van der Waals surface area contributed by atoms with Gasteiger partial charge in [-0.2, -0.15) is 0 Å². The van der Waals surface area contributed by atoms with Gasteiger partial charge in [0.05, 0.1) is 12.3 Å². The van der Waals surface area contributed by atoms with Gasteiger partial charge in [-0.15, -0.1) is 0 Å². The monoisotopic (exact) mass is 310 g/mol. The van der Waals surface area contributed by atoms with Crippen LogP contribution in [0, 0.1) is 5.92 Å². The van der Waals surface area contributed by atoms with Crippen molar-refractivity contribution in [1.29, 1.82) is 0 Å². The molecule has 1 aromatic carbocycles. The molecule has 1 saturated heterocycles. The number of hydrogen-bond donors (Lipinski definition) is 2. The average Bonchev–Trinajstić information content (AvgIpc) is 2.87. The summed E-state index contributed by atoms with van der Waals surface area (Å²) in [5, 5.41) is 17.9. The molecule has 0 radical (unpaired) electrons. The van der Waals surface area contributed by atoms with Gasteiger partial charge in [0.1, 0.15) is 12.7 Å². The molecule has 0 amide bonds. The van der Waals surface area contributed by atoms with E-state index in [9.17, 15) is 9.59 Å². The van der Waals surface area contributed by atoms with E-state index in [0.717, 1.165) is 12.0 Å². The number of ether oxygens (including phenoxy) is 2. The van der Waals surface area contributed by atoms with E-state index in [2.05, 4.69) is 4.74 Å². The Balaban J connectivity index is 0.000000224. The normalized spacial score (nSPS) is 16.7. The Hall–Kier alpha value is -2.24. The third-order valence-electron chi connectivity index (χ3n) is 3.03. The number of phenolic OH excluding ortho intramolecular Hbond substituents is 2. The molecular weight excluding hydrogens is 288 g/mol. The molecule has 1 heterocycles. The van der Waals surface area contributed by atoms with Crippen LogP contribution in [0.25, 0.3) is 0 Å². The van der Waals surface area contributed by atoms with Gasteiger partial charge in [0.2, 0.25) is 0 Å². The number of rotatable bonds is 3. The van der Waals surface area contributed by atoms with Gasteiger partial charge in [-0.25, -0.2) is 0 Å².